The summed E-state index contributed by atoms with van der Waals surface area (Å²) in [6, 6.07) is 13.1. The molecular weight excluding hydrogens is 364 g/mol. The van der Waals surface area contributed by atoms with Gasteiger partial charge in [-0.05, 0) is 24.1 Å². The molecule has 0 fully saturated rings. The fourth-order valence-corrected chi connectivity index (χ4v) is 2.05. The summed E-state index contributed by atoms with van der Waals surface area (Å²) in [5.41, 5.74) is 3.19. The van der Waals surface area contributed by atoms with Crippen molar-refractivity contribution in [3.05, 3.63) is 74.3 Å². The molecule has 26 heavy (non-hydrogen) atoms. The second-order valence-corrected chi connectivity index (χ2v) is 5.65. The van der Waals surface area contributed by atoms with Crippen LogP contribution in [0.3, 0.4) is 0 Å². The van der Waals surface area contributed by atoms with E-state index in [-0.39, 0.29) is 10.7 Å². The molecule has 0 aliphatic heterocycles. The molecule has 138 valence electrons. The molecule has 9 heteroatoms. The normalized spacial score (nSPS) is 9.77. The minimum absolute atomic E-state index is 0.0543. The van der Waals surface area contributed by atoms with E-state index in [1.54, 1.807) is 12.1 Å². The average Bonchev–Trinajstić information content (AvgIpc) is 2.58. The van der Waals surface area contributed by atoms with Crippen LogP contribution in [0.1, 0.15) is 16.7 Å². The van der Waals surface area contributed by atoms with Gasteiger partial charge in [0.25, 0.3) is 5.69 Å². The Labute approximate surface area is 154 Å². The zero-order chi connectivity index (χ0) is 19.7. The molecule has 2 aromatic carbocycles. The lowest BCUT2D eigenvalue weighted by Crippen LogP contribution is -2.12. The summed E-state index contributed by atoms with van der Waals surface area (Å²) in [5.74, 6) is -3.65. The summed E-state index contributed by atoms with van der Waals surface area (Å²) in [6.07, 6.45) is 0. The first kappa shape index (κ1) is 21.1. The number of nitrogens with one attached hydrogen (secondary N) is 1. The lowest BCUT2D eigenvalue weighted by Gasteiger charge is -2.06. The molecule has 0 radical (unpaired) electrons. The fraction of sp³-hybridized carbons (Fsp3) is 0.176. The minimum Gasteiger partial charge on any atom is -0.473 e. The first-order chi connectivity index (χ1) is 12.2. The van der Waals surface area contributed by atoms with Gasteiger partial charge < -0.3 is 15.5 Å². The van der Waals surface area contributed by atoms with Crippen molar-refractivity contribution in [1.82, 2.24) is 5.32 Å². The van der Waals surface area contributed by atoms with Crippen molar-refractivity contribution in [2.45, 2.75) is 20.0 Å². The highest BCUT2D eigenvalue weighted by molar-refractivity contribution is 6.32. The van der Waals surface area contributed by atoms with Crippen LogP contribution in [0.25, 0.3) is 0 Å². The zero-order valence-corrected chi connectivity index (χ0v) is 14.6. The van der Waals surface area contributed by atoms with Crippen molar-refractivity contribution in [3.8, 4) is 0 Å². The third-order valence-corrected chi connectivity index (χ3v) is 3.49. The predicted molar refractivity (Wildman–Crippen MR) is 95.1 cm³/mol. The number of hydrogen-bond acceptors (Lipinski definition) is 5. The molecule has 8 nitrogen and oxygen atoms in total. The Bertz CT molecular complexity index is 780. The summed E-state index contributed by atoms with van der Waals surface area (Å²) in [5, 5.41) is 29.0. The van der Waals surface area contributed by atoms with Crippen LogP contribution in [-0.2, 0) is 22.7 Å². The van der Waals surface area contributed by atoms with E-state index in [1.165, 1.54) is 17.2 Å². The van der Waals surface area contributed by atoms with Gasteiger partial charge in [0.15, 0.2) is 0 Å². The highest BCUT2D eigenvalue weighted by Crippen LogP contribution is 2.24. The van der Waals surface area contributed by atoms with Crippen LogP contribution in [0.2, 0.25) is 5.02 Å². The van der Waals surface area contributed by atoms with Crippen molar-refractivity contribution < 1.29 is 24.7 Å². The van der Waals surface area contributed by atoms with Crippen molar-refractivity contribution >= 4 is 29.2 Å². The number of carboxylic acid groups (broad SMARTS) is 2. The minimum atomic E-state index is -1.82. The molecule has 0 spiro atoms. The lowest BCUT2D eigenvalue weighted by molar-refractivity contribution is -0.384. The summed E-state index contributed by atoms with van der Waals surface area (Å²) in [4.78, 5) is 28.5. The highest BCUT2D eigenvalue weighted by Gasteiger charge is 2.12. The maximum atomic E-state index is 10.8. The molecule has 0 aliphatic carbocycles. The standard InChI is InChI=1S/C15H15ClN2O2.C2H2O4/c1-11-2-4-12(5-3-11)9-17-10-13-6-7-14(16)15(8-13)18(19)20;3-1(4)2(5)6/h2-8,17H,9-10H2,1H3;(H,3,4)(H,5,6). The molecule has 0 saturated heterocycles. The van der Waals surface area contributed by atoms with Gasteiger partial charge in [-0.25, -0.2) is 9.59 Å². The molecule has 0 amide bonds. The number of halogens is 1. The van der Waals surface area contributed by atoms with E-state index in [0.717, 1.165) is 12.1 Å². The topological polar surface area (TPSA) is 130 Å². The number of aryl methyl sites for hydroxylation is 1. The predicted octanol–water partition coefficient (Wildman–Crippen LogP) is 3.00. The number of aliphatic carboxylic acids is 2. The smallest absolute Gasteiger partial charge is 0.414 e. The van der Waals surface area contributed by atoms with Gasteiger partial charge in [-0.3, -0.25) is 10.1 Å². The number of benzene rings is 2. The molecule has 3 N–H and O–H groups in total. The number of hydrogen-bond donors (Lipinski definition) is 3. The SMILES string of the molecule is Cc1ccc(CNCc2ccc(Cl)c([N+](=O)[O-])c2)cc1.O=C(O)C(=O)O. The summed E-state index contributed by atoms with van der Waals surface area (Å²) in [6.45, 7) is 3.33. The van der Waals surface area contributed by atoms with Crippen molar-refractivity contribution in [2.75, 3.05) is 0 Å². The van der Waals surface area contributed by atoms with Gasteiger partial charge >= 0.3 is 11.9 Å². The largest absolute Gasteiger partial charge is 0.473 e. The van der Waals surface area contributed by atoms with E-state index in [2.05, 4.69) is 29.6 Å². The van der Waals surface area contributed by atoms with E-state index in [0.29, 0.717) is 6.54 Å². The van der Waals surface area contributed by atoms with Crippen molar-refractivity contribution in [3.63, 3.8) is 0 Å². The second-order valence-electron chi connectivity index (χ2n) is 5.24. The number of nitro benzene ring substituents is 1. The Morgan fingerprint density at radius 3 is 2.04 bits per heavy atom. The first-order valence-corrected chi connectivity index (χ1v) is 7.73. The van der Waals surface area contributed by atoms with Gasteiger partial charge in [-0.2, -0.15) is 0 Å². The number of carboxylic acids is 2. The van der Waals surface area contributed by atoms with E-state index < -0.39 is 16.9 Å². The number of nitro groups is 1. The summed E-state index contributed by atoms with van der Waals surface area (Å²) in [7, 11) is 0. The van der Waals surface area contributed by atoms with Crippen molar-refractivity contribution in [1.29, 1.82) is 0 Å². The van der Waals surface area contributed by atoms with E-state index in [9.17, 15) is 10.1 Å². The van der Waals surface area contributed by atoms with Gasteiger partial charge in [0.05, 0.1) is 4.92 Å². The number of nitrogens with zero attached hydrogens (tertiary/aromatic N) is 1. The van der Waals surface area contributed by atoms with Crippen LogP contribution < -0.4 is 5.32 Å². The van der Waals surface area contributed by atoms with Gasteiger partial charge in [0.1, 0.15) is 5.02 Å². The molecular formula is C17H17ClN2O6. The van der Waals surface area contributed by atoms with Crippen LogP contribution in [0.15, 0.2) is 42.5 Å². The van der Waals surface area contributed by atoms with Gasteiger partial charge in [0, 0.05) is 19.2 Å². The van der Waals surface area contributed by atoms with E-state index in [1.807, 2.05) is 6.92 Å². The molecule has 0 aromatic heterocycles. The Kier molecular flexibility index (Phi) is 8.20. The van der Waals surface area contributed by atoms with E-state index in [4.69, 9.17) is 31.4 Å². The maximum Gasteiger partial charge on any atom is 0.414 e. The molecule has 0 heterocycles. The monoisotopic (exact) mass is 380 g/mol. The molecule has 0 bridgehead atoms. The summed E-state index contributed by atoms with van der Waals surface area (Å²) >= 11 is 5.77. The molecule has 0 saturated carbocycles. The van der Waals surface area contributed by atoms with Crippen LogP contribution in [0, 0.1) is 17.0 Å². The zero-order valence-electron chi connectivity index (χ0n) is 13.8. The van der Waals surface area contributed by atoms with Crippen LogP contribution in [0.5, 0.6) is 0 Å². The fourth-order valence-electron chi connectivity index (χ4n) is 1.87. The van der Waals surface area contributed by atoms with Gasteiger partial charge in [-0.1, -0.05) is 47.5 Å². The molecule has 0 aliphatic rings. The Balaban J connectivity index is 0.000000487. The van der Waals surface area contributed by atoms with Crippen LogP contribution >= 0.6 is 11.6 Å². The highest BCUT2D eigenvalue weighted by atomic mass is 35.5. The molecule has 0 atom stereocenters. The lowest BCUT2D eigenvalue weighted by atomic mass is 10.1. The van der Waals surface area contributed by atoms with Gasteiger partial charge in [0.2, 0.25) is 0 Å². The second kappa shape index (κ2) is 10.1. The third kappa shape index (κ3) is 7.29. The van der Waals surface area contributed by atoms with Crippen molar-refractivity contribution in [2.24, 2.45) is 0 Å². The molecule has 2 rings (SSSR count). The Morgan fingerprint density at radius 2 is 1.54 bits per heavy atom. The number of rotatable bonds is 5. The van der Waals surface area contributed by atoms with Crippen LogP contribution in [-0.4, -0.2) is 27.1 Å². The maximum absolute atomic E-state index is 10.8. The Hall–Kier alpha value is -2.97. The number of carbonyl (C=O) groups is 2. The molecule has 2 aromatic rings. The van der Waals surface area contributed by atoms with Crippen LogP contribution in [0.4, 0.5) is 5.69 Å². The Morgan fingerprint density at radius 1 is 1.04 bits per heavy atom. The third-order valence-electron chi connectivity index (χ3n) is 3.17. The van der Waals surface area contributed by atoms with E-state index >= 15 is 0 Å². The first-order valence-electron chi connectivity index (χ1n) is 7.36. The average molecular weight is 381 g/mol. The van der Waals surface area contributed by atoms with Gasteiger partial charge in [-0.15, -0.1) is 0 Å². The molecule has 0 unspecified atom stereocenters. The summed E-state index contributed by atoms with van der Waals surface area (Å²) < 4.78 is 0. The quantitative estimate of drug-likeness (QED) is 0.413.